The number of urea groups is 1. The number of carbonyl (C=O) groups is 2. The Morgan fingerprint density at radius 3 is 2.52 bits per heavy atom. The highest BCUT2D eigenvalue weighted by Gasteiger charge is 2.49. The molecule has 0 aliphatic carbocycles. The van der Waals surface area contributed by atoms with Gasteiger partial charge in [0.2, 0.25) is 0 Å². The third kappa shape index (κ3) is 4.55. The fourth-order valence-electron chi connectivity index (χ4n) is 3.02. The lowest BCUT2D eigenvalue weighted by molar-refractivity contribution is -0.132. The first-order valence-electron chi connectivity index (χ1n) is 8.80. The van der Waals surface area contributed by atoms with E-state index in [-0.39, 0.29) is 25.3 Å². The molecule has 2 atom stereocenters. The van der Waals surface area contributed by atoms with Gasteiger partial charge in [-0.25, -0.2) is 13.6 Å². The van der Waals surface area contributed by atoms with Crippen LogP contribution in [-0.2, 0) is 21.7 Å². The molecule has 0 spiro atoms. The second-order valence-electron chi connectivity index (χ2n) is 6.90. The molecule has 0 bridgehead atoms. The minimum Gasteiger partial charge on any atom is -0.389 e. The van der Waals surface area contributed by atoms with Crippen molar-refractivity contribution >= 4 is 23.5 Å². The Bertz CT molecular complexity index is 925. The zero-order valence-corrected chi connectivity index (χ0v) is 16.2. The SMILES string of the molecule is C[C@]1(c2ccc(F)c(F)c2)NC(=O)N(C[C@@H](O)COCc2ccc(Cl)cc2)C1=O. The van der Waals surface area contributed by atoms with Gasteiger partial charge in [-0.1, -0.05) is 29.8 Å². The number of imide groups is 1. The summed E-state index contributed by atoms with van der Waals surface area (Å²) >= 11 is 5.81. The zero-order valence-electron chi connectivity index (χ0n) is 15.5. The lowest BCUT2D eigenvalue weighted by atomic mass is 9.92. The number of rotatable bonds is 7. The largest absolute Gasteiger partial charge is 0.389 e. The number of hydrogen-bond acceptors (Lipinski definition) is 4. The first kappa shape index (κ1) is 21.2. The first-order valence-corrected chi connectivity index (χ1v) is 9.18. The number of benzene rings is 2. The zero-order chi connectivity index (χ0) is 21.2. The van der Waals surface area contributed by atoms with Crippen LogP contribution in [-0.4, -0.2) is 41.2 Å². The predicted octanol–water partition coefficient (Wildman–Crippen LogP) is 2.96. The monoisotopic (exact) mass is 424 g/mol. The molecule has 6 nitrogen and oxygen atoms in total. The standard InChI is InChI=1S/C20H19ClF2N2O4/c1-20(13-4-7-16(22)17(23)8-13)18(27)25(19(28)24-20)9-15(26)11-29-10-12-2-5-14(21)6-3-12/h2-8,15,26H,9-11H2,1H3,(H,24,28)/t15-,20-/m1/s1. The van der Waals surface area contributed by atoms with Gasteiger partial charge in [-0.15, -0.1) is 0 Å². The Morgan fingerprint density at radius 1 is 1.17 bits per heavy atom. The van der Waals surface area contributed by atoms with Crippen molar-refractivity contribution in [2.24, 2.45) is 0 Å². The van der Waals surface area contributed by atoms with Crippen molar-refractivity contribution in [3.05, 3.63) is 70.2 Å². The number of β-amino-alcohol motifs (C(OH)–C–C–N with tert-alkyl or cyclic N) is 1. The van der Waals surface area contributed by atoms with Gasteiger partial charge in [-0.05, 0) is 42.3 Å². The number of hydrogen-bond donors (Lipinski definition) is 2. The van der Waals surface area contributed by atoms with E-state index in [1.54, 1.807) is 24.3 Å². The summed E-state index contributed by atoms with van der Waals surface area (Å²) < 4.78 is 32.2. The Balaban J connectivity index is 1.60. The molecule has 0 unspecified atom stereocenters. The number of carbonyl (C=O) groups excluding carboxylic acids is 2. The Morgan fingerprint density at radius 2 is 1.86 bits per heavy atom. The van der Waals surface area contributed by atoms with Crippen LogP contribution < -0.4 is 5.32 Å². The normalized spacial score (nSPS) is 20.1. The number of nitrogens with one attached hydrogen (secondary N) is 1. The van der Waals surface area contributed by atoms with Crippen LogP contribution in [0.15, 0.2) is 42.5 Å². The third-order valence-corrected chi connectivity index (χ3v) is 4.91. The Hall–Kier alpha value is -2.55. The van der Waals surface area contributed by atoms with E-state index < -0.39 is 35.2 Å². The maximum Gasteiger partial charge on any atom is 0.325 e. The molecule has 1 fully saturated rings. The van der Waals surface area contributed by atoms with Crippen LogP contribution >= 0.6 is 11.6 Å². The van der Waals surface area contributed by atoms with E-state index in [4.69, 9.17) is 16.3 Å². The van der Waals surface area contributed by atoms with Gasteiger partial charge >= 0.3 is 6.03 Å². The van der Waals surface area contributed by atoms with Crippen molar-refractivity contribution in [1.82, 2.24) is 10.2 Å². The average Bonchev–Trinajstić information content (AvgIpc) is 2.89. The topological polar surface area (TPSA) is 78.9 Å². The highest BCUT2D eigenvalue weighted by atomic mass is 35.5. The summed E-state index contributed by atoms with van der Waals surface area (Å²) in [6.07, 6.45) is -1.12. The molecule has 0 radical (unpaired) electrons. The second kappa shape index (κ2) is 8.44. The lowest BCUT2D eigenvalue weighted by Gasteiger charge is -2.23. The summed E-state index contributed by atoms with van der Waals surface area (Å²) in [5.41, 5.74) is -0.608. The molecular formula is C20H19ClF2N2O4. The smallest absolute Gasteiger partial charge is 0.325 e. The minimum absolute atomic E-state index is 0.103. The highest BCUT2D eigenvalue weighted by molar-refractivity contribution is 6.30. The molecule has 9 heteroatoms. The summed E-state index contributed by atoms with van der Waals surface area (Å²) in [5, 5.41) is 13.2. The number of ether oxygens (including phenoxy) is 1. The van der Waals surface area contributed by atoms with Crippen LogP contribution in [0.3, 0.4) is 0 Å². The van der Waals surface area contributed by atoms with Gasteiger partial charge in [-0.2, -0.15) is 0 Å². The minimum atomic E-state index is -1.56. The van der Waals surface area contributed by atoms with Gasteiger partial charge in [0, 0.05) is 5.02 Å². The van der Waals surface area contributed by atoms with E-state index in [1.807, 2.05) is 0 Å². The summed E-state index contributed by atoms with van der Waals surface area (Å²) in [6, 6.07) is 9.22. The number of halogens is 3. The average molecular weight is 425 g/mol. The molecule has 1 saturated heterocycles. The van der Waals surface area contributed by atoms with Gasteiger partial charge < -0.3 is 15.2 Å². The maximum atomic E-state index is 13.6. The molecule has 1 aliphatic heterocycles. The fraction of sp³-hybridized carbons (Fsp3) is 0.300. The maximum absolute atomic E-state index is 13.6. The van der Waals surface area contributed by atoms with Gasteiger partial charge in [0.15, 0.2) is 11.6 Å². The molecule has 2 N–H and O–H groups in total. The predicted molar refractivity (Wildman–Crippen MR) is 101 cm³/mol. The van der Waals surface area contributed by atoms with E-state index in [0.29, 0.717) is 5.02 Å². The van der Waals surface area contributed by atoms with Gasteiger partial charge in [0.1, 0.15) is 5.54 Å². The van der Waals surface area contributed by atoms with Crippen molar-refractivity contribution in [2.75, 3.05) is 13.2 Å². The van der Waals surface area contributed by atoms with E-state index in [2.05, 4.69) is 5.32 Å². The fourth-order valence-corrected chi connectivity index (χ4v) is 3.15. The number of nitrogens with zero attached hydrogens (tertiary/aromatic N) is 1. The molecule has 29 heavy (non-hydrogen) atoms. The van der Waals surface area contributed by atoms with Crippen molar-refractivity contribution in [2.45, 2.75) is 25.2 Å². The van der Waals surface area contributed by atoms with Gasteiger partial charge in [-0.3, -0.25) is 9.69 Å². The van der Waals surface area contributed by atoms with Crippen LogP contribution in [0.1, 0.15) is 18.1 Å². The van der Waals surface area contributed by atoms with Crippen LogP contribution in [0.4, 0.5) is 13.6 Å². The third-order valence-electron chi connectivity index (χ3n) is 4.66. The van der Waals surface area contributed by atoms with Crippen molar-refractivity contribution in [3.8, 4) is 0 Å². The number of aliphatic hydroxyl groups excluding tert-OH is 1. The molecule has 3 rings (SSSR count). The number of aliphatic hydroxyl groups is 1. The van der Waals surface area contributed by atoms with Crippen molar-refractivity contribution in [1.29, 1.82) is 0 Å². The summed E-state index contributed by atoms with van der Waals surface area (Å²) in [5.74, 6) is -2.86. The lowest BCUT2D eigenvalue weighted by Crippen LogP contribution is -2.42. The van der Waals surface area contributed by atoms with E-state index >= 15 is 0 Å². The molecule has 3 amide bonds. The second-order valence-corrected chi connectivity index (χ2v) is 7.33. The summed E-state index contributed by atoms with van der Waals surface area (Å²) in [6.45, 7) is 1.20. The van der Waals surface area contributed by atoms with Crippen LogP contribution in [0.2, 0.25) is 5.02 Å². The summed E-state index contributed by atoms with van der Waals surface area (Å²) in [7, 11) is 0. The van der Waals surface area contributed by atoms with Crippen molar-refractivity contribution < 1.29 is 28.2 Å². The Labute approximate surface area is 171 Å². The molecule has 1 aliphatic rings. The van der Waals surface area contributed by atoms with Crippen LogP contribution in [0, 0.1) is 11.6 Å². The van der Waals surface area contributed by atoms with Crippen LogP contribution in [0.25, 0.3) is 0 Å². The summed E-state index contributed by atoms with van der Waals surface area (Å²) in [4.78, 5) is 25.8. The van der Waals surface area contributed by atoms with Gasteiger partial charge in [0.05, 0.1) is 25.9 Å². The molecule has 154 valence electrons. The molecule has 0 aromatic heterocycles. The molecule has 0 saturated carbocycles. The van der Waals surface area contributed by atoms with E-state index in [1.165, 1.54) is 13.0 Å². The van der Waals surface area contributed by atoms with Crippen LogP contribution in [0.5, 0.6) is 0 Å². The molecule has 2 aromatic rings. The first-order chi connectivity index (χ1) is 13.7. The highest BCUT2D eigenvalue weighted by Crippen LogP contribution is 2.29. The molecular weight excluding hydrogens is 406 g/mol. The van der Waals surface area contributed by atoms with E-state index in [9.17, 15) is 23.5 Å². The Kier molecular flexibility index (Phi) is 6.16. The molecule has 2 aromatic carbocycles. The van der Waals surface area contributed by atoms with Crippen molar-refractivity contribution in [3.63, 3.8) is 0 Å². The number of amides is 3. The quantitative estimate of drug-likeness (QED) is 0.670. The van der Waals surface area contributed by atoms with E-state index in [0.717, 1.165) is 22.6 Å². The molecule has 1 heterocycles. The van der Waals surface area contributed by atoms with Gasteiger partial charge in [0.25, 0.3) is 5.91 Å².